The molecule has 0 bridgehead atoms. The van der Waals surface area contributed by atoms with Crippen molar-refractivity contribution in [1.29, 1.82) is 0 Å². The zero-order chi connectivity index (χ0) is 24.8. The third-order valence-electron chi connectivity index (χ3n) is 7.55. The van der Waals surface area contributed by atoms with Crippen molar-refractivity contribution >= 4 is 0 Å². The van der Waals surface area contributed by atoms with Gasteiger partial charge in [0.1, 0.15) is 18.1 Å². The number of aromatic nitrogens is 2. The summed E-state index contributed by atoms with van der Waals surface area (Å²) in [6.45, 7) is 5.75. The molecule has 2 rings (SSSR count). The molecular weight excluding hydrogens is 424 g/mol. The van der Waals surface area contributed by atoms with E-state index in [1.165, 1.54) is 146 Å². The van der Waals surface area contributed by atoms with E-state index < -0.39 is 0 Å². The van der Waals surface area contributed by atoms with E-state index in [1.807, 2.05) is 0 Å². The van der Waals surface area contributed by atoms with E-state index in [0.717, 1.165) is 6.54 Å². The van der Waals surface area contributed by atoms with Gasteiger partial charge in [-0.2, -0.15) is 4.57 Å². The van der Waals surface area contributed by atoms with Crippen molar-refractivity contribution in [2.45, 2.75) is 155 Å². The fourth-order valence-corrected chi connectivity index (χ4v) is 5.29. The van der Waals surface area contributed by atoms with Crippen molar-refractivity contribution in [3.05, 3.63) is 48.5 Å². The van der Waals surface area contributed by atoms with Crippen LogP contribution in [-0.4, -0.2) is 4.57 Å². The maximum atomic E-state index is 2.51. The van der Waals surface area contributed by atoms with Crippen molar-refractivity contribution in [3.8, 4) is 5.69 Å². The number of rotatable bonds is 23. The highest BCUT2D eigenvalue weighted by atomic mass is 15.1. The molecule has 0 spiro atoms. The van der Waals surface area contributed by atoms with Gasteiger partial charge >= 0.3 is 0 Å². The highest BCUT2D eigenvalue weighted by Crippen LogP contribution is 2.16. The number of nitrogens with zero attached hydrogens (tertiary/aromatic N) is 2. The summed E-state index contributed by atoms with van der Waals surface area (Å²) in [4.78, 5) is 0. The topological polar surface area (TPSA) is 8.81 Å². The fraction of sp³-hybridized carbons (Fsp3) is 0.727. The Hall–Kier alpha value is -1.57. The van der Waals surface area contributed by atoms with Crippen molar-refractivity contribution in [2.24, 2.45) is 0 Å². The normalized spacial score (nSPS) is 11.4. The second kappa shape index (κ2) is 20.6. The fourth-order valence-electron chi connectivity index (χ4n) is 5.29. The Labute approximate surface area is 218 Å². The minimum atomic E-state index is 1.15. The van der Waals surface area contributed by atoms with Gasteiger partial charge < -0.3 is 0 Å². The molecule has 2 aromatic rings. The summed E-state index contributed by atoms with van der Waals surface area (Å²) in [5, 5.41) is 0. The predicted molar refractivity (Wildman–Crippen MR) is 153 cm³/mol. The van der Waals surface area contributed by atoms with E-state index in [2.05, 4.69) is 65.7 Å². The molecule has 1 aromatic heterocycles. The Morgan fingerprint density at radius 3 is 1.51 bits per heavy atom. The maximum Gasteiger partial charge on any atom is 0.261 e. The molecule has 0 aliphatic carbocycles. The molecule has 198 valence electrons. The summed E-state index contributed by atoms with van der Waals surface area (Å²) in [6, 6.07) is 10.9. The highest BCUT2D eigenvalue weighted by Gasteiger charge is 2.18. The van der Waals surface area contributed by atoms with Crippen LogP contribution < -0.4 is 4.57 Å². The van der Waals surface area contributed by atoms with Crippen molar-refractivity contribution in [3.63, 3.8) is 0 Å². The Bertz CT molecular complexity index is 718. The van der Waals surface area contributed by atoms with Gasteiger partial charge in [0.2, 0.25) is 0 Å². The molecule has 0 radical (unpaired) electrons. The number of aryl methyl sites for hydroxylation is 1. The number of benzene rings is 1. The van der Waals surface area contributed by atoms with E-state index in [1.54, 1.807) is 0 Å². The largest absolute Gasteiger partial charge is 0.261 e. The molecule has 0 N–H and O–H groups in total. The van der Waals surface area contributed by atoms with E-state index in [0.29, 0.717) is 0 Å². The Morgan fingerprint density at radius 2 is 1.00 bits per heavy atom. The molecule has 2 heteroatoms. The van der Waals surface area contributed by atoms with Crippen LogP contribution in [0.25, 0.3) is 5.69 Å². The molecule has 1 aromatic carbocycles. The number of unbranched alkanes of at least 4 members (excludes halogenated alkanes) is 18. The van der Waals surface area contributed by atoms with Gasteiger partial charge in [-0.25, -0.2) is 4.57 Å². The highest BCUT2D eigenvalue weighted by molar-refractivity contribution is 5.31. The first-order valence-electron chi connectivity index (χ1n) is 15.5. The molecule has 0 saturated carbocycles. The van der Waals surface area contributed by atoms with Crippen LogP contribution in [0.15, 0.2) is 42.7 Å². The zero-order valence-electron chi connectivity index (χ0n) is 23.5. The van der Waals surface area contributed by atoms with Crippen LogP contribution in [0.5, 0.6) is 0 Å². The lowest BCUT2D eigenvalue weighted by molar-refractivity contribution is -0.704. The van der Waals surface area contributed by atoms with E-state index >= 15 is 0 Å². The van der Waals surface area contributed by atoms with Crippen molar-refractivity contribution < 1.29 is 4.57 Å². The van der Waals surface area contributed by atoms with Gasteiger partial charge in [-0.1, -0.05) is 141 Å². The molecule has 0 saturated heterocycles. The summed E-state index contributed by atoms with van der Waals surface area (Å²) in [5.41, 5.74) is 1.30. The van der Waals surface area contributed by atoms with Gasteiger partial charge in [-0.3, -0.25) is 0 Å². The van der Waals surface area contributed by atoms with Gasteiger partial charge in [0.05, 0.1) is 6.54 Å². The molecule has 0 amide bonds. The second-order valence-corrected chi connectivity index (χ2v) is 10.7. The van der Waals surface area contributed by atoms with Crippen LogP contribution in [0.1, 0.15) is 148 Å². The minimum Gasteiger partial charge on any atom is -0.234 e. The third-order valence-corrected chi connectivity index (χ3v) is 7.55. The van der Waals surface area contributed by atoms with Crippen LogP contribution in [-0.2, 0) is 13.0 Å². The molecule has 35 heavy (non-hydrogen) atoms. The molecule has 0 aliphatic heterocycles. The first-order valence-corrected chi connectivity index (χ1v) is 15.5. The number of imidazole rings is 1. The number of hydrogen-bond acceptors (Lipinski definition) is 0. The Kier molecular flexibility index (Phi) is 17.5. The molecule has 1 heterocycles. The molecule has 0 atom stereocenters. The number of para-hydroxylation sites is 1. The first kappa shape index (κ1) is 29.7. The average molecular weight is 482 g/mol. The molecule has 2 nitrogen and oxygen atoms in total. The van der Waals surface area contributed by atoms with Crippen LogP contribution in [0, 0.1) is 0 Å². The standard InChI is InChI=1S/C33H57N2/c1-3-5-7-8-9-10-11-12-13-14-15-16-17-18-19-20-24-28-33-34(29-25-6-4-2)30-31-35(33)32-26-22-21-23-27-32/h21-23,26-27,30-31H,3-20,24-25,28-29H2,1-2H3/q+1. The quantitative estimate of drug-likeness (QED) is 0.110. The lowest BCUT2D eigenvalue weighted by Crippen LogP contribution is -2.37. The predicted octanol–water partition coefficient (Wildman–Crippen LogP) is 10.1. The summed E-state index contributed by atoms with van der Waals surface area (Å²) < 4.78 is 4.92. The minimum absolute atomic E-state index is 1.15. The van der Waals surface area contributed by atoms with Gasteiger partial charge in [-0.05, 0) is 31.4 Å². The SMILES string of the molecule is CCCCCCCCCCCCCCCCCCCc1n(-c2ccccc2)cc[n+]1CCCCC. The van der Waals surface area contributed by atoms with Gasteiger partial charge in [0.15, 0.2) is 0 Å². The monoisotopic (exact) mass is 481 g/mol. The Balaban J connectivity index is 1.52. The van der Waals surface area contributed by atoms with Gasteiger partial charge in [0, 0.05) is 6.42 Å². The maximum absolute atomic E-state index is 2.51. The van der Waals surface area contributed by atoms with E-state index in [9.17, 15) is 0 Å². The summed E-state index contributed by atoms with van der Waals surface area (Å²) >= 11 is 0. The van der Waals surface area contributed by atoms with Crippen molar-refractivity contribution in [2.75, 3.05) is 0 Å². The summed E-state index contributed by atoms with van der Waals surface area (Å²) in [7, 11) is 0. The summed E-state index contributed by atoms with van der Waals surface area (Å²) in [6.07, 6.45) is 34.0. The van der Waals surface area contributed by atoms with Crippen LogP contribution >= 0.6 is 0 Å². The Morgan fingerprint density at radius 1 is 0.543 bits per heavy atom. The average Bonchev–Trinajstić information content (AvgIpc) is 3.29. The van der Waals surface area contributed by atoms with E-state index in [4.69, 9.17) is 0 Å². The third kappa shape index (κ3) is 13.3. The van der Waals surface area contributed by atoms with Gasteiger partial charge in [0.25, 0.3) is 5.82 Å². The smallest absolute Gasteiger partial charge is 0.234 e. The van der Waals surface area contributed by atoms with Crippen molar-refractivity contribution in [1.82, 2.24) is 4.57 Å². The van der Waals surface area contributed by atoms with E-state index in [-0.39, 0.29) is 0 Å². The van der Waals surface area contributed by atoms with Gasteiger partial charge in [-0.15, -0.1) is 0 Å². The lowest BCUT2D eigenvalue weighted by atomic mass is 10.0. The molecule has 0 fully saturated rings. The molecule has 0 unspecified atom stereocenters. The van der Waals surface area contributed by atoms with Crippen LogP contribution in [0.3, 0.4) is 0 Å². The lowest BCUT2D eigenvalue weighted by Gasteiger charge is -2.06. The molecular formula is C33H57N2+. The second-order valence-electron chi connectivity index (χ2n) is 10.7. The first-order chi connectivity index (χ1) is 17.4. The van der Waals surface area contributed by atoms with Crippen LogP contribution in [0.2, 0.25) is 0 Å². The summed E-state index contributed by atoms with van der Waals surface area (Å²) in [5.74, 6) is 1.48. The van der Waals surface area contributed by atoms with Crippen LogP contribution in [0.4, 0.5) is 0 Å². The number of hydrogen-bond donors (Lipinski definition) is 0. The zero-order valence-corrected chi connectivity index (χ0v) is 23.5. The molecule has 0 aliphatic rings.